The molecule has 1 N–H and O–H groups in total. The van der Waals surface area contributed by atoms with Gasteiger partial charge in [-0.3, -0.25) is 0 Å². The van der Waals surface area contributed by atoms with Crippen molar-refractivity contribution >= 4 is 23.2 Å². The van der Waals surface area contributed by atoms with Crippen LogP contribution in [0, 0.1) is 0 Å². The molecule has 0 aliphatic rings. The molecule has 0 bridgehead atoms. The number of likely N-dealkylation sites (N-methyl/N-ethyl adjacent to an activating group) is 1. The van der Waals surface area contributed by atoms with E-state index in [1.54, 1.807) is 7.05 Å². The fourth-order valence-electron chi connectivity index (χ4n) is 0.195. The van der Waals surface area contributed by atoms with E-state index in [1.165, 1.54) is 7.11 Å². The lowest BCUT2D eigenvalue weighted by Crippen LogP contribution is -2.26. The third kappa shape index (κ3) is 1.88. The molecule has 46 valence electrons. The number of hydrogen-bond acceptors (Lipinski definition) is 3. The second-order valence-electron chi connectivity index (χ2n) is 1.07. The van der Waals surface area contributed by atoms with Gasteiger partial charge in [-0.15, -0.1) is 0 Å². The number of esters is 1. The third-order valence-electron chi connectivity index (χ3n) is 0.598. The summed E-state index contributed by atoms with van der Waals surface area (Å²) in [6.45, 7) is 0. The van der Waals surface area contributed by atoms with Crippen molar-refractivity contribution in [3.8, 4) is 0 Å². The number of hydrogen-bond donors (Lipinski definition) is 1. The number of carbonyl (C=O) groups excluding carboxylic acids is 1. The summed E-state index contributed by atoms with van der Waals surface area (Å²) in [4.78, 5) is 10.4. The van der Waals surface area contributed by atoms with E-state index in [4.69, 9.17) is 0 Å². The maximum Gasteiger partial charge on any atom is 0.365 e. The average molecular weight is 133 g/mol. The molecule has 0 saturated heterocycles. The van der Waals surface area contributed by atoms with E-state index in [0.29, 0.717) is 0 Å². The molecule has 4 heteroatoms. The zero-order valence-corrected chi connectivity index (χ0v) is 5.54. The summed E-state index contributed by atoms with van der Waals surface area (Å²) in [7, 11) is 2.85. The molecule has 3 nitrogen and oxygen atoms in total. The molecule has 0 aliphatic carbocycles. The molecule has 0 amide bonds. The predicted molar refractivity (Wildman–Crippen MR) is 33.7 cm³/mol. The minimum absolute atomic E-state index is 0.104. The first-order valence-electron chi connectivity index (χ1n) is 2.02. The molecular weight excluding hydrogens is 126 g/mol. The molecule has 0 radical (unpaired) electrons. The number of thiocarbonyl (C=S) groups is 1. The summed E-state index contributed by atoms with van der Waals surface area (Å²) in [5.74, 6) is -0.498. The van der Waals surface area contributed by atoms with Crippen LogP contribution in [0.5, 0.6) is 0 Å². The molecule has 0 spiro atoms. The van der Waals surface area contributed by atoms with Crippen molar-refractivity contribution in [2.75, 3.05) is 14.2 Å². The zero-order chi connectivity index (χ0) is 6.57. The Bertz CT molecular complexity index is 98.6. The van der Waals surface area contributed by atoms with Crippen LogP contribution in [0.4, 0.5) is 0 Å². The second kappa shape index (κ2) is 3.37. The van der Waals surface area contributed by atoms with Gasteiger partial charge in [0.2, 0.25) is 0 Å². The summed E-state index contributed by atoms with van der Waals surface area (Å²) in [5, 5.41) is 2.47. The molecular formula is C4H7NO2S. The first kappa shape index (κ1) is 7.36. The lowest BCUT2D eigenvalue weighted by molar-refractivity contribution is -0.132. The van der Waals surface area contributed by atoms with Crippen LogP contribution in [0.2, 0.25) is 0 Å². The molecule has 0 fully saturated rings. The SMILES string of the molecule is CNC(=S)C(=O)OC. The number of nitrogens with one attached hydrogen (secondary N) is 1. The molecule has 0 aromatic carbocycles. The summed E-state index contributed by atoms with van der Waals surface area (Å²) in [6.07, 6.45) is 0. The largest absolute Gasteiger partial charge is 0.464 e. The van der Waals surface area contributed by atoms with Crippen LogP contribution in [0.1, 0.15) is 0 Å². The lowest BCUT2D eigenvalue weighted by Gasteiger charge is -1.96. The highest BCUT2D eigenvalue weighted by atomic mass is 32.1. The Hall–Kier alpha value is -0.640. The maximum absolute atomic E-state index is 10.3. The molecule has 0 unspecified atom stereocenters. The van der Waals surface area contributed by atoms with Crippen molar-refractivity contribution < 1.29 is 9.53 Å². The van der Waals surface area contributed by atoms with E-state index >= 15 is 0 Å². The second-order valence-corrected chi connectivity index (χ2v) is 1.48. The van der Waals surface area contributed by atoms with Gasteiger partial charge in [-0.25, -0.2) is 4.79 Å². The molecule has 0 aromatic heterocycles. The molecule has 0 atom stereocenters. The Balaban J connectivity index is 3.64. The van der Waals surface area contributed by atoms with Gasteiger partial charge in [0.05, 0.1) is 7.11 Å². The van der Waals surface area contributed by atoms with Gasteiger partial charge in [0.1, 0.15) is 0 Å². The summed E-state index contributed by atoms with van der Waals surface area (Å²) in [5.41, 5.74) is 0. The van der Waals surface area contributed by atoms with Crippen LogP contribution in [-0.4, -0.2) is 25.1 Å². The molecule has 0 saturated carbocycles. The topological polar surface area (TPSA) is 38.3 Å². The van der Waals surface area contributed by atoms with Crippen molar-refractivity contribution in [1.82, 2.24) is 5.32 Å². The summed E-state index contributed by atoms with van der Waals surface area (Å²) < 4.78 is 4.26. The van der Waals surface area contributed by atoms with Crippen LogP contribution < -0.4 is 5.32 Å². The monoisotopic (exact) mass is 133 g/mol. The van der Waals surface area contributed by atoms with E-state index in [2.05, 4.69) is 22.3 Å². The van der Waals surface area contributed by atoms with Crippen LogP contribution in [0.15, 0.2) is 0 Å². The minimum atomic E-state index is -0.498. The van der Waals surface area contributed by atoms with E-state index in [9.17, 15) is 4.79 Å². The van der Waals surface area contributed by atoms with Crippen LogP contribution in [0.25, 0.3) is 0 Å². The van der Waals surface area contributed by atoms with Gasteiger partial charge in [-0.1, -0.05) is 12.2 Å². The first-order valence-corrected chi connectivity index (χ1v) is 2.43. The van der Waals surface area contributed by atoms with Gasteiger partial charge >= 0.3 is 5.97 Å². The highest BCUT2D eigenvalue weighted by molar-refractivity contribution is 7.81. The number of ether oxygens (including phenoxy) is 1. The van der Waals surface area contributed by atoms with Gasteiger partial charge in [0, 0.05) is 7.05 Å². The van der Waals surface area contributed by atoms with Gasteiger partial charge in [0.15, 0.2) is 4.99 Å². The van der Waals surface area contributed by atoms with Crippen molar-refractivity contribution in [3.05, 3.63) is 0 Å². The highest BCUT2D eigenvalue weighted by Gasteiger charge is 2.03. The van der Waals surface area contributed by atoms with E-state index in [-0.39, 0.29) is 4.99 Å². The average Bonchev–Trinajstić information content (AvgIpc) is 1.84. The zero-order valence-electron chi connectivity index (χ0n) is 4.72. The van der Waals surface area contributed by atoms with Crippen LogP contribution >= 0.6 is 12.2 Å². The summed E-state index contributed by atoms with van der Waals surface area (Å²) >= 11 is 4.49. The number of rotatable bonds is 0. The van der Waals surface area contributed by atoms with E-state index < -0.39 is 5.97 Å². The Morgan fingerprint density at radius 3 is 2.38 bits per heavy atom. The lowest BCUT2D eigenvalue weighted by atomic mass is 10.7. The van der Waals surface area contributed by atoms with Crippen molar-refractivity contribution in [2.45, 2.75) is 0 Å². The standard InChI is InChI=1S/C4H7NO2S/c1-5-3(8)4(6)7-2/h1-2H3,(H,5,8). The van der Waals surface area contributed by atoms with Crippen molar-refractivity contribution in [1.29, 1.82) is 0 Å². The Kier molecular flexibility index (Phi) is 3.10. The Morgan fingerprint density at radius 1 is 1.75 bits per heavy atom. The Morgan fingerprint density at radius 2 is 2.25 bits per heavy atom. The first-order chi connectivity index (χ1) is 3.72. The third-order valence-corrected chi connectivity index (χ3v) is 0.969. The highest BCUT2D eigenvalue weighted by Crippen LogP contribution is 1.74. The fourth-order valence-corrected chi connectivity index (χ4v) is 0.278. The van der Waals surface area contributed by atoms with Gasteiger partial charge < -0.3 is 10.1 Å². The maximum atomic E-state index is 10.3. The normalized spacial score (nSPS) is 7.75. The molecule has 8 heavy (non-hydrogen) atoms. The number of carbonyl (C=O) groups is 1. The van der Waals surface area contributed by atoms with E-state index in [1.807, 2.05) is 0 Å². The minimum Gasteiger partial charge on any atom is -0.464 e. The smallest absolute Gasteiger partial charge is 0.365 e. The van der Waals surface area contributed by atoms with Crippen molar-refractivity contribution in [3.63, 3.8) is 0 Å². The van der Waals surface area contributed by atoms with Crippen LogP contribution in [0.3, 0.4) is 0 Å². The van der Waals surface area contributed by atoms with Crippen molar-refractivity contribution in [2.24, 2.45) is 0 Å². The van der Waals surface area contributed by atoms with Crippen LogP contribution in [-0.2, 0) is 9.53 Å². The predicted octanol–water partition coefficient (Wildman–Crippen LogP) is -0.294. The molecule has 0 aliphatic heterocycles. The summed E-state index contributed by atoms with van der Waals surface area (Å²) in [6, 6.07) is 0. The molecule has 0 heterocycles. The molecule has 0 rings (SSSR count). The van der Waals surface area contributed by atoms with Gasteiger partial charge in [-0.05, 0) is 0 Å². The van der Waals surface area contributed by atoms with Gasteiger partial charge in [0.25, 0.3) is 0 Å². The molecule has 0 aromatic rings. The Labute approximate surface area is 53.0 Å². The fraction of sp³-hybridized carbons (Fsp3) is 0.500. The van der Waals surface area contributed by atoms with Gasteiger partial charge in [-0.2, -0.15) is 0 Å². The van der Waals surface area contributed by atoms with E-state index in [0.717, 1.165) is 0 Å². The number of methoxy groups -OCH3 is 1. The quantitative estimate of drug-likeness (QED) is 0.364.